The summed E-state index contributed by atoms with van der Waals surface area (Å²) in [6, 6.07) is 15.7. The van der Waals surface area contributed by atoms with Crippen LogP contribution >= 0.6 is 11.6 Å². The van der Waals surface area contributed by atoms with Gasteiger partial charge in [-0.25, -0.2) is 0 Å². The van der Waals surface area contributed by atoms with Gasteiger partial charge >= 0.3 is 0 Å². The van der Waals surface area contributed by atoms with Crippen LogP contribution in [-0.4, -0.2) is 25.5 Å². The van der Waals surface area contributed by atoms with Crippen LogP contribution in [0.25, 0.3) is 0 Å². The van der Waals surface area contributed by atoms with Crippen molar-refractivity contribution in [2.24, 2.45) is 5.16 Å². The number of rotatable bonds is 6. The third-order valence-electron chi connectivity index (χ3n) is 3.80. The van der Waals surface area contributed by atoms with E-state index in [4.69, 9.17) is 21.2 Å². The van der Waals surface area contributed by atoms with Gasteiger partial charge in [0.05, 0.1) is 12.8 Å². The minimum atomic E-state index is 0.0254. The van der Waals surface area contributed by atoms with Gasteiger partial charge in [0.1, 0.15) is 11.9 Å². The number of halogens is 1. The summed E-state index contributed by atoms with van der Waals surface area (Å²) in [5.74, 6) is 0.819. The highest BCUT2D eigenvalue weighted by Crippen LogP contribution is 2.24. The number of hydrogen-bond donors (Lipinski definition) is 1. The van der Waals surface area contributed by atoms with E-state index in [1.807, 2.05) is 48.5 Å². The van der Waals surface area contributed by atoms with Gasteiger partial charge in [-0.2, -0.15) is 0 Å². The van der Waals surface area contributed by atoms with Crippen molar-refractivity contribution in [3.8, 4) is 5.75 Å². The quantitative estimate of drug-likeness (QED) is 0.879. The molecular weight excluding hydrogens is 312 g/mol. The molecule has 2 aromatic carbocycles. The van der Waals surface area contributed by atoms with Crippen molar-refractivity contribution in [1.29, 1.82) is 0 Å². The molecule has 23 heavy (non-hydrogen) atoms. The molecular formula is C18H19ClN2O2. The predicted molar refractivity (Wildman–Crippen MR) is 92.2 cm³/mol. The SMILES string of the molecule is COc1ccccc1C1=NOC(CNCc2ccccc2Cl)C1. The standard InChI is InChI=1S/C18H19ClN2O2/c1-22-18-9-5-3-7-15(18)17-10-14(23-21-17)12-20-11-13-6-2-4-8-16(13)19/h2-9,14,20H,10-12H2,1H3. The second-order valence-electron chi connectivity index (χ2n) is 5.39. The number of para-hydroxylation sites is 1. The first-order valence-electron chi connectivity index (χ1n) is 7.58. The fraction of sp³-hybridized carbons (Fsp3) is 0.278. The summed E-state index contributed by atoms with van der Waals surface area (Å²) >= 11 is 6.15. The normalized spacial score (nSPS) is 16.8. The summed E-state index contributed by atoms with van der Waals surface area (Å²) in [6.45, 7) is 1.43. The van der Waals surface area contributed by atoms with Crippen molar-refractivity contribution in [3.05, 3.63) is 64.7 Å². The number of hydrogen-bond acceptors (Lipinski definition) is 4. The van der Waals surface area contributed by atoms with E-state index in [0.29, 0.717) is 13.1 Å². The van der Waals surface area contributed by atoms with Crippen LogP contribution in [0.2, 0.25) is 5.02 Å². The van der Waals surface area contributed by atoms with Crippen molar-refractivity contribution in [1.82, 2.24) is 5.32 Å². The third-order valence-corrected chi connectivity index (χ3v) is 4.16. The monoisotopic (exact) mass is 330 g/mol. The summed E-state index contributed by atoms with van der Waals surface area (Å²) in [6.07, 6.45) is 0.785. The van der Waals surface area contributed by atoms with Gasteiger partial charge < -0.3 is 14.9 Å². The summed E-state index contributed by atoms with van der Waals surface area (Å²) < 4.78 is 5.38. The van der Waals surface area contributed by atoms with Crippen LogP contribution in [0.5, 0.6) is 5.75 Å². The fourth-order valence-corrected chi connectivity index (χ4v) is 2.79. The maximum absolute atomic E-state index is 6.15. The van der Waals surface area contributed by atoms with Crippen LogP contribution in [0.3, 0.4) is 0 Å². The Balaban J connectivity index is 1.53. The molecule has 0 saturated heterocycles. The molecule has 0 saturated carbocycles. The van der Waals surface area contributed by atoms with Crippen molar-refractivity contribution < 1.29 is 9.57 Å². The maximum atomic E-state index is 6.15. The van der Waals surface area contributed by atoms with Crippen LogP contribution in [-0.2, 0) is 11.4 Å². The minimum Gasteiger partial charge on any atom is -0.496 e. The lowest BCUT2D eigenvalue weighted by molar-refractivity contribution is 0.0848. The first-order valence-corrected chi connectivity index (χ1v) is 7.96. The van der Waals surface area contributed by atoms with E-state index in [1.165, 1.54) is 0 Å². The molecule has 0 bridgehead atoms. The molecule has 0 amide bonds. The van der Waals surface area contributed by atoms with Crippen molar-refractivity contribution in [3.63, 3.8) is 0 Å². The van der Waals surface area contributed by atoms with E-state index in [-0.39, 0.29) is 6.10 Å². The zero-order valence-electron chi connectivity index (χ0n) is 13.0. The molecule has 1 N–H and O–H groups in total. The van der Waals surface area contributed by atoms with Crippen molar-refractivity contribution >= 4 is 17.3 Å². The molecule has 0 aliphatic carbocycles. The lowest BCUT2D eigenvalue weighted by Crippen LogP contribution is -2.26. The molecule has 1 atom stereocenters. The molecule has 0 aromatic heterocycles. The molecule has 1 aliphatic heterocycles. The Bertz CT molecular complexity index is 703. The molecule has 1 aliphatic rings. The lowest BCUT2D eigenvalue weighted by Gasteiger charge is -2.11. The molecule has 0 radical (unpaired) electrons. The minimum absolute atomic E-state index is 0.0254. The van der Waals surface area contributed by atoms with Crippen molar-refractivity contribution in [2.45, 2.75) is 19.1 Å². The van der Waals surface area contributed by atoms with Gasteiger partial charge in [0.15, 0.2) is 0 Å². The molecule has 5 heteroatoms. The Hall–Kier alpha value is -2.04. The largest absolute Gasteiger partial charge is 0.496 e. The average molecular weight is 331 g/mol. The highest BCUT2D eigenvalue weighted by molar-refractivity contribution is 6.31. The Kier molecular flexibility index (Phi) is 5.16. The van der Waals surface area contributed by atoms with E-state index in [1.54, 1.807) is 7.11 Å². The van der Waals surface area contributed by atoms with Gasteiger partial charge in [-0.1, -0.05) is 47.1 Å². The lowest BCUT2D eigenvalue weighted by atomic mass is 10.0. The van der Waals surface area contributed by atoms with Gasteiger partial charge in [0, 0.05) is 30.1 Å². The predicted octanol–water partition coefficient (Wildman–Crippen LogP) is 3.63. The Labute approximate surface area is 141 Å². The molecule has 120 valence electrons. The van der Waals surface area contributed by atoms with Gasteiger partial charge in [-0.05, 0) is 23.8 Å². The van der Waals surface area contributed by atoms with Crippen LogP contribution in [0, 0.1) is 0 Å². The molecule has 2 aromatic rings. The summed E-state index contributed by atoms with van der Waals surface area (Å²) in [7, 11) is 1.66. The van der Waals surface area contributed by atoms with Crippen LogP contribution in [0.1, 0.15) is 17.5 Å². The molecule has 0 fully saturated rings. The Morgan fingerprint density at radius 1 is 1.22 bits per heavy atom. The molecule has 3 rings (SSSR count). The molecule has 1 heterocycles. The molecule has 1 unspecified atom stereocenters. The van der Waals surface area contributed by atoms with Gasteiger partial charge in [-0.3, -0.25) is 0 Å². The van der Waals surface area contributed by atoms with E-state index >= 15 is 0 Å². The number of ether oxygens (including phenoxy) is 1. The number of benzene rings is 2. The fourth-order valence-electron chi connectivity index (χ4n) is 2.59. The van der Waals surface area contributed by atoms with Crippen LogP contribution < -0.4 is 10.1 Å². The highest BCUT2D eigenvalue weighted by atomic mass is 35.5. The smallest absolute Gasteiger partial charge is 0.145 e. The van der Waals surface area contributed by atoms with Gasteiger partial charge in [0.25, 0.3) is 0 Å². The second kappa shape index (κ2) is 7.49. The number of nitrogens with one attached hydrogen (secondary N) is 1. The van der Waals surface area contributed by atoms with E-state index in [9.17, 15) is 0 Å². The van der Waals surface area contributed by atoms with Crippen LogP contribution in [0.15, 0.2) is 53.7 Å². The first-order chi connectivity index (χ1) is 11.3. The van der Waals surface area contributed by atoms with Crippen molar-refractivity contribution in [2.75, 3.05) is 13.7 Å². The van der Waals surface area contributed by atoms with E-state index in [0.717, 1.165) is 34.0 Å². The molecule has 0 spiro atoms. The summed E-state index contributed by atoms with van der Waals surface area (Å²) in [5, 5.41) is 8.36. The number of methoxy groups -OCH3 is 1. The number of nitrogens with zero attached hydrogens (tertiary/aromatic N) is 1. The third kappa shape index (κ3) is 3.84. The second-order valence-corrected chi connectivity index (χ2v) is 5.80. The topological polar surface area (TPSA) is 42.9 Å². The zero-order chi connectivity index (χ0) is 16.1. The van der Waals surface area contributed by atoms with E-state index < -0.39 is 0 Å². The van der Waals surface area contributed by atoms with E-state index in [2.05, 4.69) is 10.5 Å². The Morgan fingerprint density at radius 3 is 2.83 bits per heavy atom. The van der Waals surface area contributed by atoms with Gasteiger partial charge in [0.2, 0.25) is 0 Å². The first kappa shape index (κ1) is 15.8. The summed E-state index contributed by atoms with van der Waals surface area (Å²) in [4.78, 5) is 5.52. The van der Waals surface area contributed by atoms with Gasteiger partial charge in [-0.15, -0.1) is 0 Å². The zero-order valence-corrected chi connectivity index (χ0v) is 13.7. The maximum Gasteiger partial charge on any atom is 0.145 e. The highest BCUT2D eigenvalue weighted by Gasteiger charge is 2.23. The Morgan fingerprint density at radius 2 is 2.00 bits per heavy atom. The summed E-state index contributed by atoms with van der Waals surface area (Å²) in [5.41, 5.74) is 2.99. The number of oxime groups is 1. The van der Waals surface area contributed by atoms with Crippen LogP contribution in [0.4, 0.5) is 0 Å². The molecule has 4 nitrogen and oxygen atoms in total. The average Bonchev–Trinajstić information content (AvgIpc) is 3.05.